The minimum atomic E-state index is 0.997. The molecule has 1 aromatic rings. The van der Waals surface area contributed by atoms with Crippen molar-refractivity contribution in [1.29, 1.82) is 0 Å². The SMILES string of the molecule is C=Pc1cnc[nH]1. The third-order valence-corrected chi connectivity index (χ3v) is 1.24. The van der Waals surface area contributed by atoms with Crippen molar-refractivity contribution in [2.24, 2.45) is 0 Å². The maximum atomic E-state index is 3.79. The van der Waals surface area contributed by atoms with Gasteiger partial charge in [-0.25, -0.2) is 4.98 Å². The van der Waals surface area contributed by atoms with E-state index in [-0.39, 0.29) is 0 Å². The summed E-state index contributed by atoms with van der Waals surface area (Å²) in [5.74, 6) is 0. The van der Waals surface area contributed by atoms with Crippen molar-refractivity contribution in [3.8, 4) is 0 Å². The van der Waals surface area contributed by atoms with E-state index in [1.807, 2.05) is 0 Å². The summed E-state index contributed by atoms with van der Waals surface area (Å²) < 4.78 is 0. The summed E-state index contributed by atoms with van der Waals surface area (Å²) in [7, 11) is 0.997. The van der Waals surface area contributed by atoms with Crippen molar-refractivity contribution in [2.45, 2.75) is 0 Å². The lowest BCUT2D eigenvalue weighted by Gasteiger charge is -1.71. The normalized spacial score (nSPS) is 9.71. The number of imidazole rings is 1. The van der Waals surface area contributed by atoms with Gasteiger partial charge < -0.3 is 4.98 Å². The van der Waals surface area contributed by atoms with Crippen LogP contribution in [-0.4, -0.2) is 16.3 Å². The van der Waals surface area contributed by atoms with Crippen molar-refractivity contribution in [1.82, 2.24) is 9.97 Å². The summed E-state index contributed by atoms with van der Waals surface area (Å²) in [5, 5.41) is 0. The average molecular weight is 112 g/mol. The molecule has 0 saturated carbocycles. The molecule has 0 aromatic carbocycles. The molecule has 0 amide bonds. The van der Waals surface area contributed by atoms with Crippen LogP contribution in [0.1, 0.15) is 0 Å². The van der Waals surface area contributed by atoms with Gasteiger partial charge in [-0.3, -0.25) is 0 Å². The average Bonchev–Trinajstić information content (AvgIpc) is 2.14. The number of aromatic nitrogens is 2. The molecule has 0 atom stereocenters. The monoisotopic (exact) mass is 112 g/mol. The first-order valence-corrected chi connectivity index (χ1v) is 2.96. The number of nitrogens with zero attached hydrogens (tertiary/aromatic N) is 1. The molecule has 1 rings (SSSR count). The van der Waals surface area contributed by atoms with E-state index in [2.05, 4.69) is 16.3 Å². The van der Waals surface area contributed by atoms with Crippen LogP contribution in [0.25, 0.3) is 0 Å². The fraction of sp³-hybridized carbons (Fsp3) is 0. The van der Waals surface area contributed by atoms with Crippen LogP contribution in [0.4, 0.5) is 0 Å². The summed E-state index contributed by atoms with van der Waals surface area (Å²) in [6.45, 7) is 0. The van der Waals surface area contributed by atoms with Crippen molar-refractivity contribution in [3.63, 3.8) is 0 Å². The lowest BCUT2D eigenvalue weighted by Crippen LogP contribution is -1.86. The van der Waals surface area contributed by atoms with E-state index in [0.29, 0.717) is 0 Å². The zero-order valence-electron chi connectivity index (χ0n) is 3.76. The quantitative estimate of drug-likeness (QED) is 0.524. The van der Waals surface area contributed by atoms with Gasteiger partial charge in [0.05, 0.1) is 18.0 Å². The Morgan fingerprint density at radius 1 is 1.86 bits per heavy atom. The molecule has 0 saturated heterocycles. The second-order valence-corrected chi connectivity index (χ2v) is 1.89. The topological polar surface area (TPSA) is 28.7 Å². The van der Waals surface area contributed by atoms with Crippen LogP contribution in [-0.2, 0) is 0 Å². The molecule has 36 valence electrons. The van der Waals surface area contributed by atoms with Crippen LogP contribution in [0.5, 0.6) is 0 Å². The molecule has 0 aliphatic carbocycles. The Morgan fingerprint density at radius 3 is 3.00 bits per heavy atom. The van der Waals surface area contributed by atoms with Crippen molar-refractivity contribution >= 4 is 19.9 Å². The maximum Gasteiger partial charge on any atom is 0.0927 e. The lowest BCUT2D eigenvalue weighted by molar-refractivity contribution is 1.32. The van der Waals surface area contributed by atoms with Crippen molar-refractivity contribution in [3.05, 3.63) is 12.5 Å². The molecule has 0 spiro atoms. The smallest absolute Gasteiger partial charge is 0.0927 e. The largest absolute Gasteiger partial charge is 0.341 e. The van der Waals surface area contributed by atoms with Crippen LogP contribution in [0.2, 0.25) is 0 Å². The van der Waals surface area contributed by atoms with Gasteiger partial charge in [0, 0.05) is 0 Å². The third-order valence-electron chi connectivity index (χ3n) is 0.654. The van der Waals surface area contributed by atoms with E-state index in [0.717, 1.165) is 13.6 Å². The second kappa shape index (κ2) is 1.90. The number of hydrogen-bond acceptors (Lipinski definition) is 1. The number of H-pyrrole nitrogens is 1. The molecule has 3 heteroatoms. The molecule has 1 aromatic heterocycles. The molecule has 2 nitrogen and oxygen atoms in total. The second-order valence-electron chi connectivity index (χ2n) is 1.09. The number of nitrogens with one attached hydrogen (secondary N) is 1. The molecule has 0 bridgehead atoms. The summed E-state index contributed by atoms with van der Waals surface area (Å²) in [6.07, 6.45) is 7.03. The highest BCUT2D eigenvalue weighted by atomic mass is 31.1. The van der Waals surface area contributed by atoms with Crippen LogP contribution in [0, 0.1) is 0 Å². The highest BCUT2D eigenvalue weighted by Gasteiger charge is 1.78. The summed E-state index contributed by atoms with van der Waals surface area (Å²) in [6, 6.07) is 0. The first-order chi connectivity index (χ1) is 3.43. The molecule has 0 unspecified atom stereocenters. The predicted octanol–water partition coefficient (Wildman–Crippen LogP) is 0.413. The molecule has 0 aliphatic heterocycles. The van der Waals surface area contributed by atoms with E-state index in [4.69, 9.17) is 0 Å². The van der Waals surface area contributed by atoms with Crippen LogP contribution < -0.4 is 5.44 Å². The molecular weight excluding hydrogens is 107 g/mol. The molecule has 7 heavy (non-hydrogen) atoms. The van der Waals surface area contributed by atoms with Gasteiger partial charge in [0.2, 0.25) is 0 Å². The van der Waals surface area contributed by atoms with Gasteiger partial charge in [0.1, 0.15) is 0 Å². The van der Waals surface area contributed by atoms with Crippen molar-refractivity contribution < 1.29 is 0 Å². The van der Waals surface area contributed by atoms with E-state index < -0.39 is 0 Å². The van der Waals surface area contributed by atoms with Gasteiger partial charge in [-0.05, 0) is 0 Å². The molecule has 0 radical (unpaired) electrons. The summed E-state index contributed by atoms with van der Waals surface area (Å²) >= 11 is 0. The van der Waals surface area contributed by atoms with Crippen molar-refractivity contribution in [2.75, 3.05) is 0 Å². The Balaban J connectivity index is 2.96. The predicted molar refractivity (Wildman–Crippen MR) is 32.3 cm³/mol. The van der Waals surface area contributed by atoms with E-state index in [1.54, 1.807) is 12.5 Å². The zero-order valence-corrected chi connectivity index (χ0v) is 4.65. The first-order valence-electron chi connectivity index (χ1n) is 1.88. The molecular formula is C4H5N2P. The Hall–Kier alpha value is -0.620. The number of hydrogen-bond donors (Lipinski definition) is 1. The molecule has 1 heterocycles. The molecule has 0 fully saturated rings. The highest BCUT2D eigenvalue weighted by Crippen LogP contribution is 1.84. The van der Waals surface area contributed by atoms with Gasteiger partial charge in [0.15, 0.2) is 0 Å². The zero-order chi connectivity index (χ0) is 5.11. The van der Waals surface area contributed by atoms with E-state index in [9.17, 15) is 0 Å². The van der Waals surface area contributed by atoms with Crippen LogP contribution in [0.15, 0.2) is 12.5 Å². The Labute approximate surface area is 43.4 Å². The van der Waals surface area contributed by atoms with Gasteiger partial charge in [0.25, 0.3) is 0 Å². The fourth-order valence-electron chi connectivity index (χ4n) is 0.335. The van der Waals surface area contributed by atoms with Gasteiger partial charge >= 0.3 is 0 Å². The summed E-state index contributed by atoms with van der Waals surface area (Å²) in [4.78, 5) is 6.69. The van der Waals surface area contributed by atoms with Gasteiger partial charge in [-0.15, -0.1) is 0 Å². The first kappa shape index (κ1) is 4.54. The summed E-state index contributed by atoms with van der Waals surface area (Å²) in [5.41, 5.74) is 1.06. The Morgan fingerprint density at radius 2 is 2.71 bits per heavy atom. The fourth-order valence-corrected chi connectivity index (χ4v) is 0.632. The Kier molecular flexibility index (Phi) is 1.23. The minimum absolute atomic E-state index is 0.997. The molecule has 1 N–H and O–H groups in total. The van der Waals surface area contributed by atoms with E-state index in [1.165, 1.54) is 0 Å². The Bertz CT molecular complexity index is 145. The standard InChI is InChI=1S/C4H5N2P/c1-7-4-2-5-3-6-4/h2-3H,1H2,(H,5,6). The lowest BCUT2D eigenvalue weighted by atomic mass is 11.0. The van der Waals surface area contributed by atoms with Crippen LogP contribution in [0.3, 0.4) is 0 Å². The highest BCUT2D eigenvalue weighted by molar-refractivity contribution is 7.45. The van der Waals surface area contributed by atoms with Crippen LogP contribution >= 0.6 is 8.20 Å². The number of rotatable bonds is 1. The van der Waals surface area contributed by atoms with Gasteiger partial charge in [-0.1, -0.05) is 14.5 Å². The molecule has 0 aliphatic rings. The number of aromatic amines is 1. The van der Waals surface area contributed by atoms with Gasteiger partial charge in [-0.2, -0.15) is 0 Å². The third kappa shape index (κ3) is 0.875. The maximum absolute atomic E-state index is 3.79. The van der Waals surface area contributed by atoms with E-state index >= 15 is 0 Å². The minimum Gasteiger partial charge on any atom is -0.341 e.